The Hall–Kier alpha value is -7.08. The van der Waals surface area contributed by atoms with E-state index in [0.29, 0.717) is 5.89 Å². The molecular formula is C51H31N3OS. The molecule has 3 heterocycles. The molecule has 0 bridgehead atoms. The molecule has 8 aromatic carbocycles. The second kappa shape index (κ2) is 12.0. The molecule has 0 atom stereocenters. The van der Waals surface area contributed by atoms with Crippen LogP contribution in [0.1, 0.15) is 22.3 Å². The number of hydrogen-bond acceptors (Lipinski definition) is 4. The van der Waals surface area contributed by atoms with Crippen LogP contribution < -0.4 is 0 Å². The van der Waals surface area contributed by atoms with Gasteiger partial charge in [-0.3, -0.25) is 0 Å². The molecule has 0 aliphatic heterocycles. The first-order valence-corrected chi connectivity index (χ1v) is 19.7. The van der Waals surface area contributed by atoms with Gasteiger partial charge in [-0.1, -0.05) is 115 Å². The molecule has 1 aliphatic rings. The summed E-state index contributed by atoms with van der Waals surface area (Å²) in [4.78, 5) is 9.92. The van der Waals surface area contributed by atoms with Gasteiger partial charge in [-0.15, -0.1) is 11.3 Å². The summed E-state index contributed by atoms with van der Waals surface area (Å²) < 4.78 is 9.90. The quantitative estimate of drug-likeness (QED) is 0.177. The zero-order chi connectivity index (χ0) is 36.8. The van der Waals surface area contributed by atoms with Crippen molar-refractivity contribution in [1.82, 2.24) is 14.5 Å². The highest BCUT2D eigenvalue weighted by Gasteiger charge is 2.46. The topological polar surface area (TPSA) is 43.9 Å². The Morgan fingerprint density at radius 1 is 0.482 bits per heavy atom. The predicted molar refractivity (Wildman–Crippen MR) is 230 cm³/mol. The van der Waals surface area contributed by atoms with Crippen LogP contribution in [0.5, 0.6) is 0 Å². The van der Waals surface area contributed by atoms with Gasteiger partial charge in [-0.2, -0.15) is 0 Å². The lowest BCUT2D eigenvalue weighted by Gasteiger charge is -2.34. The maximum atomic E-state index is 6.30. The van der Waals surface area contributed by atoms with Gasteiger partial charge in [-0.25, -0.2) is 9.97 Å². The maximum absolute atomic E-state index is 6.30. The van der Waals surface area contributed by atoms with E-state index >= 15 is 0 Å². The second-order valence-corrected chi connectivity index (χ2v) is 15.6. The number of thiazole rings is 1. The van der Waals surface area contributed by atoms with E-state index < -0.39 is 5.41 Å². The maximum Gasteiger partial charge on any atom is 0.227 e. The number of oxazole rings is 1. The molecular weight excluding hydrogens is 703 g/mol. The molecule has 0 saturated carbocycles. The molecule has 0 amide bonds. The predicted octanol–water partition coefficient (Wildman–Crippen LogP) is 13.2. The molecule has 0 N–H and O–H groups in total. The van der Waals surface area contributed by atoms with Crippen LogP contribution >= 0.6 is 11.3 Å². The lowest BCUT2D eigenvalue weighted by molar-refractivity contribution is 0.620. The van der Waals surface area contributed by atoms with Crippen molar-refractivity contribution in [2.24, 2.45) is 0 Å². The summed E-state index contributed by atoms with van der Waals surface area (Å²) >= 11 is 1.73. The van der Waals surface area contributed by atoms with Crippen molar-refractivity contribution in [3.8, 4) is 38.8 Å². The summed E-state index contributed by atoms with van der Waals surface area (Å²) in [6.07, 6.45) is 0. The zero-order valence-corrected chi connectivity index (χ0v) is 30.9. The Labute approximate surface area is 326 Å². The highest BCUT2D eigenvalue weighted by Crippen LogP contribution is 2.56. The average molecular weight is 734 g/mol. The van der Waals surface area contributed by atoms with E-state index in [4.69, 9.17) is 14.4 Å². The van der Waals surface area contributed by atoms with Crippen molar-refractivity contribution in [2.45, 2.75) is 5.41 Å². The summed E-state index contributed by atoms with van der Waals surface area (Å²) in [5.41, 5.74) is 15.1. The van der Waals surface area contributed by atoms with Gasteiger partial charge in [0.05, 0.1) is 26.7 Å². The van der Waals surface area contributed by atoms with Gasteiger partial charge in [0, 0.05) is 27.6 Å². The van der Waals surface area contributed by atoms with E-state index in [2.05, 4.69) is 168 Å². The van der Waals surface area contributed by atoms with E-state index in [9.17, 15) is 0 Å². The average Bonchev–Trinajstić information content (AvgIpc) is 4.04. The highest BCUT2D eigenvalue weighted by atomic mass is 32.1. The summed E-state index contributed by atoms with van der Waals surface area (Å²) in [5.74, 6) is 0.613. The van der Waals surface area contributed by atoms with Crippen molar-refractivity contribution >= 4 is 54.5 Å². The van der Waals surface area contributed by atoms with E-state index in [1.54, 1.807) is 11.3 Å². The van der Waals surface area contributed by atoms with Crippen molar-refractivity contribution in [1.29, 1.82) is 0 Å². The molecule has 0 saturated heterocycles. The van der Waals surface area contributed by atoms with Crippen molar-refractivity contribution in [3.63, 3.8) is 0 Å². The number of nitrogens with zero attached hydrogens (tertiary/aromatic N) is 3. The fourth-order valence-corrected chi connectivity index (χ4v) is 10.1. The fraction of sp³-hybridized carbons (Fsp3) is 0.0196. The Bertz CT molecular complexity index is 3080. The molecule has 262 valence electrons. The van der Waals surface area contributed by atoms with E-state index in [1.807, 2.05) is 24.3 Å². The van der Waals surface area contributed by atoms with Crippen LogP contribution in [-0.2, 0) is 5.41 Å². The molecule has 0 fully saturated rings. The molecule has 56 heavy (non-hydrogen) atoms. The van der Waals surface area contributed by atoms with Gasteiger partial charge in [-0.05, 0) is 106 Å². The van der Waals surface area contributed by atoms with Gasteiger partial charge in [0.15, 0.2) is 5.58 Å². The normalized spacial score (nSPS) is 13.1. The van der Waals surface area contributed by atoms with Gasteiger partial charge in [0.25, 0.3) is 0 Å². The number of fused-ring (bicyclic) bond motifs is 8. The molecule has 1 aliphatic carbocycles. The number of rotatable bonds is 5. The molecule has 0 spiro atoms. The van der Waals surface area contributed by atoms with Crippen LogP contribution in [0.15, 0.2) is 192 Å². The third-order valence-corrected chi connectivity index (χ3v) is 12.6. The van der Waals surface area contributed by atoms with Gasteiger partial charge < -0.3 is 8.98 Å². The van der Waals surface area contributed by atoms with Gasteiger partial charge in [0.1, 0.15) is 10.5 Å². The first-order chi connectivity index (χ1) is 27.7. The molecule has 3 aromatic heterocycles. The number of para-hydroxylation sites is 3. The largest absolute Gasteiger partial charge is 0.436 e. The Balaban J connectivity index is 1.13. The van der Waals surface area contributed by atoms with Crippen molar-refractivity contribution in [3.05, 3.63) is 210 Å². The minimum Gasteiger partial charge on any atom is -0.436 e. The van der Waals surface area contributed by atoms with Crippen LogP contribution in [-0.4, -0.2) is 14.5 Å². The molecule has 0 unspecified atom stereocenters. The Morgan fingerprint density at radius 2 is 1.11 bits per heavy atom. The molecule has 5 heteroatoms. The Morgan fingerprint density at radius 3 is 1.86 bits per heavy atom. The van der Waals surface area contributed by atoms with Crippen molar-refractivity contribution < 1.29 is 4.42 Å². The molecule has 4 nitrogen and oxygen atoms in total. The minimum atomic E-state index is -0.497. The second-order valence-electron chi connectivity index (χ2n) is 14.5. The number of hydrogen-bond donors (Lipinski definition) is 0. The molecule has 11 aromatic rings. The third kappa shape index (κ3) is 4.46. The van der Waals surface area contributed by atoms with Crippen LogP contribution in [0.4, 0.5) is 0 Å². The highest BCUT2D eigenvalue weighted by molar-refractivity contribution is 7.21. The first-order valence-electron chi connectivity index (χ1n) is 18.9. The van der Waals surface area contributed by atoms with Crippen LogP contribution in [0, 0.1) is 0 Å². The standard InChI is InChI=1S/C51H31N3OS/c1-3-13-34(14-4-1)51(35-15-5-2-6-16-35)41-18-8-7-17-37(41)38-26-25-36(31-42(38)51)54-45-27-23-32(49-52-43-19-9-11-21-47(43)55-49)29-39(45)40-30-33(24-28-46(40)54)50-53-44-20-10-12-22-48(44)56-50/h1-31H. The molecule has 12 rings (SSSR count). The van der Waals surface area contributed by atoms with E-state index in [0.717, 1.165) is 60.2 Å². The van der Waals surface area contributed by atoms with E-state index in [1.165, 1.54) is 38.1 Å². The van der Waals surface area contributed by atoms with E-state index in [-0.39, 0.29) is 0 Å². The number of benzene rings is 8. The smallest absolute Gasteiger partial charge is 0.227 e. The monoisotopic (exact) mass is 733 g/mol. The summed E-state index contributed by atoms with van der Waals surface area (Å²) in [7, 11) is 0. The van der Waals surface area contributed by atoms with Crippen molar-refractivity contribution in [2.75, 3.05) is 0 Å². The third-order valence-electron chi connectivity index (χ3n) is 11.5. The number of aromatic nitrogens is 3. The molecule has 0 radical (unpaired) electrons. The van der Waals surface area contributed by atoms with Crippen LogP contribution in [0.2, 0.25) is 0 Å². The summed E-state index contributed by atoms with van der Waals surface area (Å²) in [6.45, 7) is 0. The van der Waals surface area contributed by atoms with Gasteiger partial charge >= 0.3 is 0 Å². The fourth-order valence-electron chi connectivity index (χ4n) is 9.13. The van der Waals surface area contributed by atoms with Gasteiger partial charge in [0.2, 0.25) is 5.89 Å². The van der Waals surface area contributed by atoms with Crippen LogP contribution in [0.3, 0.4) is 0 Å². The van der Waals surface area contributed by atoms with Crippen LogP contribution in [0.25, 0.3) is 82.0 Å². The minimum absolute atomic E-state index is 0.497. The lowest BCUT2D eigenvalue weighted by atomic mass is 9.67. The lowest BCUT2D eigenvalue weighted by Crippen LogP contribution is -2.28. The summed E-state index contributed by atoms with van der Waals surface area (Å²) in [5, 5.41) is 3.29. The first kappa shape index (κ1) is 31.3. The zero-order valence-electron chi connectivity index (χ0n) is 30.1. The SMILES string of the molecule is c1ccc(C2(c3ccccc3)c3ccccc3-c3ccc(-n4c5ccc(-c6nc7ccccc7o6)cc5c5cc(-c6nc7ccccc7s6)ccc54)cc32)cc1. The summed E-state index contributed by atoms with van der Waals surface area (Å²) in [6, 6.07) is 67.7. The Kier molecular flexibility index (Phi) is 6.68.